The summed E-state index contributed by atoms with van der Waals surface area (Å²) in [6, 6.07) is 6.40. The minimum Gasteiger partial charge on any atom is -0.366 e. The number of thiophene rings is 1. The number of likely N-dealkylation sites (N-methyl/N-ethyl adjacent to an activating group) is 2. The largest absolute Gasteiger partial charge is 0.366 e. The number of nitriles is 1. The highest BCUT2D eigenvalue weighted by Crippen LogP contribution is 2.42. The van der Waals surface area contributed by atoms with Crippen LogP contribution in [0.25, 0.3) is 4.85 Å². The van der Waals surface area contributed by atoms with E-state index in [1.54, 1.807) is 6.92 Å². The third-order valence-electron chi connectivity index (χ3n) is 6.65. The first kappa shape index (κ1) is 25.5. The molecular weight excluding hydrogens is 416 g/mol. The number of rotatable bonds is 10. The highest BCUT2D eigenvalue weighted by molar-refractivity contribution is 7.17. The van der Waals surface area contributed by atoms with Gasteiger partial charge in [0.15, 0.2) is 0 Å². The van der Waals surface area contributed by atoms with Gasteiger partial charge >= 0.3 is 0 Å². The Morgan fingerprint density at radius 2 is 1.72 bits per heavy atom. The summed E-state index contributed by atoms with van der Waals surface area (Å²) in [5.41, 5.74) is 5.36. The van der Waals surface area contributed by atoms with Crippen molar-refractivity contribution in [3.63, 3.8) is 0 Å². The highest BCUT2D eigenvalue weighted by atomic mass is 32.1. The maximum atomic E-state index is 9.24. The van der Waals surface area contributed by atoms with Gasteiger partial charge in [-0.1, -0.05) is 0 Å². The summed E-state index contributed by atoms with van der Waals surface area (Å²) in [6.07, 6.45) is 0. The van der Waals surface area contributed by atoms with Crippen LogP contribution in [0.2, 0.25) is 0 Å². The van der Waals surface area contributed by atoms with Crippen molar-refractivity contribution in [3.05, 3.63) is 45.1 Å². The van der Waals surface area contributed by atoms with E-state index in [1.165, 1.54) is 22.6 Å². The minimum absolute atomic E-state index is 0.419. The van der Waals surface area contributed by atoms with E-state index in [2.05, 4.69) is 72.8 Å². The topological polar surface area (TPSA) is 56.1 Å². The molecule has 7 heteroatoms. The molecule has 0 aliphatic heterocycles. The third-order valence-corrected chi connectivity index (χ3v) is 7.72. The SMILES string of the molecule is [C-]#[N+]c1c(/N=N/c2cc(C)c(N(CC)CC[N+](CC)(CC)CC)cc2C)sc(C#N)c1C. The van der Waals surface area contributed by atoms with Gasteiger partial charge in [-0.3, -0.25) is 0 Å². The summed E-state index contributed by atoms with van der Waals surface area (Å²) in [6.45, 7) is 29.0. The predicted molar refractivity (Wildman–Crippen MR) is 135 cm³/mol. The van der Waals surface area contributed by atoms with Crippen molar-refractivity contribution in [1.29, 1.82) is 5.26 Å². The van der Waals surface area contributed by atoms with Crippen molar-refractivity contribution in [3.8, 4) is 6.07 Å². The van der Waals surface area contributed by atoms with Crippen molar-refractivity contribution in [2.24, 2.45) is 10.2 Å². The van der Waals surface area contributed by atoms with Gasteiger partial charge in [0.2, 0.25) is 5.69 Å². The second-order valence-electron chi connectivity index (χ2n) is 8.15. The Bertz CT molecular complexity index is 1040. The van der Waals surface area contributed by atoms with Crippen LogP contribution in [-0.4, -0.2) is 43.8 Å². The van der Waals surface area contributed by atoms with E-state index in [0.717, 1.165) is 55.0 Å². The molecule has 1 aromatic heterocycles. The van der Waals surface area contributed by atoms with Crippen LogP contribution in [0.4, 0.5) is 22.1 Å². The second kappa shape index (κ2) is 11.2. The van der Waals surface area contributed by atoms with Crippen LogP contribution in [0, 0.1) is 38.7 Å². The quantitative estimate of drug-likeness (QED) is 0.218. The van der Waals surface area contributed by atoms with Crippen LogP contribution in [0.15, 0.2) is 22.4 Å². The van der Waals surface area contributed by atoms with Crippen LogP contribution >= 0.6 is 11.3 Å². The first-order chi connectivity index (χ1) is 15.3. The molecule has 170 valence electrons. The number of benzene rings is 1. The lowest BCUT2D eigenvalue weighted by molar-refractivity contribution is -0.921. The van der Waals surface area contributed by atoms with Gasteiger partial charge in [-0.15, -0.1) is 11.3 Å². The molecule has 0 saturated heterocycles. The summed E-state index contributed by atoms with van der Waals surface area (Å²) in [5.74, 6) is 0. The van der Waals surface area contributed by atoms with Gasteiger partial charge in [-0.25, -0.2) is 4.85 Å². The molecule has 6 nitrogen and oxygen atoms in total. The number of quaternary nitrogens is 1. The Kier molecular flexibility index (Phi) is 8.95. The van der Waals surface area contributed by atoms with E-state index >= 15 is 0 Å². The molecule has 0 amide bonds. The molecule has 0 unspecified atom stereocenters. The van der Waals surface area contributed by atoms with Gasteiger partial charge in [0.25, 0.3) is 0 Å². The number of nitrogens with zero attached hydrogens (tertiary/aromatic N) is 6. The Morgan fingerprint density at radius 3 is 2.25 bits per heavy atom. The van der Waals surface area contributed by atoms with E-state index in [9.17, 15) is 5.26 Å². The molecule has 0 fully saturated rings. The van der Waals surface area contributed by atoms with Crippen molar-refractivity contribution in [1.82, 2.24) is 0 Å². The van der Waals surface area contributed by atoms with Crippen LogP contribution in [0.1, 0.15) is 49.3 Å². The zero-order valence-corrected chi connectivity index (χ0v) is 21.3. The molecule has 0 atom stereocenters. The Balaban J connectivity index is 2.31. The first-order valence-electron chi connectivity index (χ1n) is 11.3. The van der Waals surface area contributed by atoms with Gasteiger partial charge in [0.1, 0.15) is 11.1 Å². The summed E-state index contributed by atoms with van der Waals surface area (Å²) in [7, 11) is 0. The van der Waals surface area contributed by atoms with E-state index in [4.69, 9.17) is 6.57 Å². The lowest BCUT2D eigenvalue weighted by Gasteiger charge is -2.38. The van der Waals surface area contributed by atoms with Gasteiger partial charge in [-0.05, 0) is 77.3 Å². The molecule has 0 radical (unpaired) electrons. The number of aryl methyl sites for hydroxylation is 2. The summed E-state index contributed by atoms with van der Waals surface area (Å²) in [4.78, 5) is 6.52. The highest BCUT2D eigenvalue weighted by Gasteiger charge is 2.22. The summed E-state index contributed by atoms with van der Waals surface area (Å²) in [5, 5.41) is 18.5. The van der Waals surface area contributed by atoms with Crippen molar-refractivity contribution in [2.75, 3.05) is 44.2 Å². The lowest BCUT2D eigenvalue weighted by atomic mass is 10.1. The van der Waals surface area contributed by atoms with E-state index in [0.29, 0.717) is 21.1 Å². The third kappa shape index (κ3) is 5.35. The number of azo groups is 1. The van der Waals surface area contributed by atoms with Crippen LogP contribution in [0.5, 0.6) is 0 Å². The maximum absolute atomic E-state index is 9.24. The van der Waals surface area contributed by atoms with Crippen molar-refractivity contribution < 1.29 is 4.48 Å². The van der Waals surface area contributed by atoms with Crippen molar-refractivity contribution >= 4 is 33.4 Å². The molecule has 0 aliphatic carbocycles. The van der Waals surface area contributed by atoms with Gasteiger partial charge in [0, 0.05) is 12.2 Å². The van der Waals surface area contributed by atoms with Crippen LogP contribution in [-0.2, 0) is 0 Å². The Labute approximate surface area is 197 Å². The molecule has 32 heavy (non-hydrogen) atoms. The van der Waals surface area contributed by atoms with Gasteiger partial charge in [-0.2, -0.15) is 15.5 Å². The zero-order chi connectivity index (χ0) is 23.9. The Morgan fingerprint density at radius 1 is 1.06 bits per heavy atom. The average molecular weight is 452 g/mol. The molecule has 1 aromatic carbocycles. The number of hydrogen-bond acceptors (Lipinski definition) is 5. The molecule has 0 aliphatic rings. The lowest BCUT2D eigenvalue weighted by Crippen LogP contribution is -2.51. The summed E-state index contributed by atoms with van der Waals surface area (Å²) >= 11 is 1.22. The fourth-order valence-corrected chi connectivity index (χ4v) is 4.92. The second-order valence-corrected chi connectivity index (χ2v) is 9.15. The van der Waals surface area contributed by atoms with Crippen molar-refractivity contribution in [2.45, 2.75) is 48.5 Å². The number of anilines is 1. The molecule has 2 rings (SSSR count). The molecule has 2 aromatic rings. The van der Waals surface area contributed by atoms with E-state index < -0.39 is 0 Å². The fourth-order valence-electron chi connectivity index (χ4n) is 4.06. The van der Waals surface area contributed by atoms with Gasteiger partial charge in [0.05, 0.1) is 49.9 Å². The molecule has 0 saturated carbocycles. The van der Waals surface area contributed by atoms with Gasteiger partial charge < -0.3 is 9.38 Å². The monoisotopic (exact) mass is 451 g/mol. The number of hydrogen-bond donors (Lipinski definition) is 0. The summed E-state index contributed by atoms with van der Waals surface area (Å²) < 4.78 is 1.13. The maximum Gasteiger partial charge on any atom is 0.229 e. The standard InChI is InChI=1S/C25H35N6S/c1-9-30(13-14-31(10-2,11-3)12-4)22-16-18(5)21(15-19(22)6)28-29-25-24(27-8)20(7)23(17-26)32-25/h15-16H,9-14H2,1-7H3/q+1/b29-28+. The Hall–Kier alpha value is -2.74. The minimum atomic E-state index is 0.419. The van der Waals surface area contributed by atoms with Crippen LogP contribution in [0.3, 0.4) is 0 Å². The predicted octanol–water partition coefficient (Wildman–Crippen LogP) is 7.21. The average Bonchev–Trinajstić information content (AvgIpc) is 3.12. The molecule has 0 bridgehead atoms. The van der Waals surface area contributed by atoms with E-state index in [1.807, 2.05) is 6.92 Å². The molecular formula is C25H35N6S+. The smallest absolute Gasteiger partial charge is 0.229 e. The zero-order valence-electron chi connectivity index (χ0n) is 20.5. The normalized spacial score (nSPS) is 11.5. The van der Waals surface area contributed by atoms with E-state index in [-0.39, 0.29) is 0 Å². The fraction of sp³-hybridized carbons (Fsp3) is 0.520. The molecule has 1 heterocycles. The molecule has 0 N–H and O–H groups in total. The van der Waals surface area contributed by atoms with Crippen LogP contribution < -0.4 is 4.90 Å². The molecule has 0 spiro atoms. The first-order valence-corrected chi connectivity index (χ1v) is 12.1.